The Morgan fingerprint density at radius 1 is 0.595 bits per heavy atom. The second kappa shape index (κ2) is 12.6. The van der Waals surface area contributed by atoms with E-state index in [1.54, 1.807) is 6.20 Å². The molecule has 0 N–H and O–H groups in total. The van der Waals surface area contributed by atoms with E-state index in [9.17, 15) is 0 Å². The van der Waals surface area contributed by atoms with E-state index >= 15 is 0 Å². The van der Waals surface area contributed by atoms with Gasteiger partial charge in [-0.3, -0.25) is 0 Å². The van der Waals surface area contributed by atoms with E-state index in [0.29, 0.717) is 0 Å². The number of benzene rings is 5. The van der Waals surface area contributed by atoms with Gasteiger partial charge in [0.25, 0.3) is 0 Å². The maximum Gasteiger partial charge on any atom is 0.136 e. The smallest absolute Gasteiger partial charge is 0.136 e. The second-order valence-corrected chi connectivity index (χ2v) is 9.63. The van der Waals surface area contributed by atoms with Gasteiger partial charge in [0.05, 0.1) is 11.9 Å². The number of ether oxygens (including phenoxy) is 2. The number of rotatable bonds is 9. The molecule has 0 bridgehead atoms. The van der Waals surface area contributed by atoms with Gasteiger partial charge < -0.3 is 9.47 Å². The van der Waals surface area contributed by atoms with Crippen molar-refractivity contribution >= 4 is 11.6 Å². The molecule has 4 heteroatoms. The fraction of sp³-hybridized carbons (Fsp3) is 0. The number of hydrogen-bond donors (Lipinski definition) is 0. The molecule has 202 valence electrons. The lowest BCUT2D eigenvalue weighted by molar-refractivity contribution is 0.481. The van der Waals surface area contributed by atoms with Crippen LogP contribution in [0.1, 0.15) is 11.1 Å². The predicted octanol–water partition coefficient (Wildman–Crippen LogP) is 10.1. The molecule has 0 saturated carbocycles. The van der Waals surface area contributed by atoms with Gasteiger partial charge in [-0.2, -0.15) is 10.2 Å². The molecule has 5 aromatic carbocycles. The summed E-state index contributed by atoms with van der Waals surface area (Å²) >= 11 is 0. The molecule has 0 aliphatic rings. The van der Waals surface area contributed by atoms with E-state index in [-0.39, 0.29) is 0 Å². The first kappa shape index (κ1) is 26.5. The van der Waals surface area contributed by atoms with E-state index in [2.05, 4.69) is 35.0 Å². The average molecular weight is 545 g/mol. The molecule has 1 heterocycles. The number of nitrogens with zero attached hydrogens (tertiary/aromatic N) is 2. The van der Waals surface area contributed by atoms with Crippen LogP contribution in [-0.2, 0) is 0 Å². The van der Waals surface area contributed by atoms with Crippen molar-refractivity contribution in [2.45, 2.75) is 0 Å². The van der Waals surface area contributed by atoms with Crippen molar-refractivity contribution in [3.63, 3.8) is 0 Å². The molecule has 6 aromatic rings. The van der Waals surface area contributed by atoms with Crippen molar-refractivity contribution in [1.82, 2.24) is 10.2 Å². The molecule has 0 spiro atoms. The first-order valence-corrected chi connectivity index (χ1v) is 13.7. The summed E-state index contributed by atoms with van der Waals surface area (Å²) in [5.74, 6) is 3.07. The van der Waals surface area contributed by atoms with Gasteiger partial charge in [0.1, 0.15) is 23.0 Å². The van der Waals surface area contributed by atoms with Crippen molar-refractivity contribution in [2.24, 2.45) is 0 Å². The van der Waals surface area contributed by atoms with Crippen molar-refractivity contribution in [3.8, 4) is 45.4 Å². The molecule has 1 aromatic heterocycles. The zero-order valence-electron chi connectivity index (χ0n) is 22.9. The van der Waals surface area contributed by atoms with Crippen LogP contribution in [0.5, 0.6) is 23.0 Å². The molecule has 0 atom stereocenters. The van der Waals surface area contributed by atoms with Crippen LogP contribution in [0.2, 0.25) is 0 Å². The highest BCUT2D eigenvalue weighted by Crippen LogP contribution is 2.34. The van der Waals surface area contributed by atoms with Crippen molar-refractivity contribution in [3.05, 3.63) is 170 Å². The number of aromatic nitrogens is 2. The van der Waals surface area contributed by atoms with Crippen LogP contribution < -0.4 is 9.47 Å². The molecule has 6 rings (SSSR count). The topological polar surface area (TPSA) is 44.2 Å². The zero-order valence-corrected chi connectivity index (χ0v) is 22.9. The van der Waals surface area contributed by atoms with Gasteiger partial charge in [-0.25, -0.2) is 0 Å². The van der Waals surface area contributed by atoms with E-state index in [1.165, 1.54) is 0 Å². The molecule has 0 unspecified atom stereocenters. The van der Waals surface area contributed by atoms with Crippen LogP contribution in [-0.4, -0.2) is 10.2 Å². The van der Waals surface area contributed by atoms with E-state index in [1.807, 2.05) is 133 Å². The van der Waals surface area contributed by atoms with Gasteiger partial charge in [0, 0.05) is 16.7 Å². The summed E-state index contributed by atoms with van der Waals surface area (Å²) in [4.78, 5) is 0. The Kier molecular flexibility index (Phi) is 7.96. The summed E-state index contributed by atoms with van der Waals surface area (Å²) < 4.78 is 12.3. The minimum atomic E-state index is 0.721. The highest BCUT2D eigenvalue weighted by atomic mass is 16.5. The third-order valence-corrected chi connectivity index (χ3v) is 6.71. The Morgan fingerprint density at radius 2 is 1.24 bits per heavy atom. The summed E-state index contributed by atoms with van der Waals surface area (Å²) in [7, 11) is 0. The lowest BCUT2D eigenvalue weighted by Gasteiger charge is -2.11. The molecule has 0 radical (unpaired) electrons. The van der Waals surface area contributed by atoms with E-state index in [4.69, 9.17) is 9.47 Å². The Labute approximate surface area is 245 Å². The summed E-state index contributed by atoms with van der Waals surface area (Å²) in [6, 6.07) is 45.6. The molecule has 0 saturated heterocycles. The van der Waals surface area contributed by atoms with Crippen molar-refractivity contribution < 1.29 is 9.47 Å². The summed E-state index contributed by atoms with van der Waals surface area (Å²) in [6.45, 7) is 4.33. The molecular weight excluding hydrogens is 516 g/mol. The van der Waals surface area contributed by atoms with E-state index in [0.717, 1.165) is 62.1 Å². The van der Waals surface area contributed by atoms with Crippen LogP contribution in [0.3, 0.4) is 0 Å². The molecule has 0 aliphatic carbocycles. The normalized spacial score (nSPS) is 10.9. The van der Waals surface area contributed by atoms with Crippen LogP contribution in [0.25, 0.3) is 34.0 Å². The number of hydrogen-bond acceptors (Lipinski definition) is 4. The second-order valence-electron chi connectivity index (χ2n) is 9.63. The number of allylic oxidation sites excluding steroid dienone is 2. The van der Waals surface area contributed by atoms with Crippen molar-refractivity contribution in [2.75, 3.05) is 0 Å². The fourth-order valence-electron chi connectivity index (χ4n) is 4.55. The lowest BCUT2D eigenvalue weighted by atomic mass is 9.99. The minimum absolute atomic E-state index is 0.721. The fourth-order valence-corrected chi connectivity index (χ4v) is 4.55. The first-order valence-electron chi connectivity index (χ1n) is 13.7. The van der Waals surface area contributed by atoms with Gasteiger partial charge >= 0.3 is 0 Å². The van der Waals surface area contributed by atoms with Crippen LogP contribution in [0, 0.1) is 0 Å². The maximum absolute atomic E-state index is 6.17. The minimum Gasteiger partial charge on any atom is -0.457 e. The van der Waals surface area contributed by atoms with Gasteiger partial charge in [-0.05, 0) is 71.3 Å². The highest BCUT2D eigenvalue weighted by molar-refractivity contribution is 5.81. The molecule has 0 aliphatic heterocycles. The largest absolute Gasteiger partial charge is 0.457 e. The number of para-hydroxylation sites is 4. The third-order valence-electron chi connectivity index (χ3n) is 6.71. The molecule has 0 amide bonds. The Morgan fingerprint density at radius 3 is 2.00 bits per heavy atom. The van der Waals surface area contributed by atoms with Crippen LogP contribution in [0.4, 0.5) is 0 Å². The Hall–Kier alpha value is -5.74. The summed E-state index contributed by atoms with van der Waals surface area (Å²) in [5.41, 5.74) is 6.44. The molecule has 4 nitrogen and oxygen atoms in total. The first-order chi connectivity index (χ1) is 20.7. The van der Waals surface area contributed by atoms with Crippen molar-refractivity contribution in [1.29, 1.82) is 0 Å². The zero-order chi connectivity index (χ0) is 28.6. The van der Waals surface area contributed by atoms with Crippen LogP contribution >= 0.6 is 0 Å². The lowest BCUT2D eigenvalue weighted by Crippen LogP contribution is -1.93. The molecule has 0 fully saturated rings. The van der Waals surface area contributed by atoms with Gasteiger partial charge in [0.2, 0.25) is 0 Å². The standard InChI is InChI=1S/C38H28N2O2/c1-28(23-24-29-13-8-10-21-37(29)41-33-16-4-2-5-17-33)30-14-12-15-31(25-30)32-26-36(40-39-27-32)35-20-9-11-22-38(35)42-34-18-6-3-7-19-34/h2-27H,1H2/b24-23+. The predicted molar refractivity (Wildman–Crippen MR) is 170 cm³/mol. The van der Waals surface area contributed by atoms with E-state index < -0.39 is 0 Å². The Bertz CT molecular complexity index is 1850. The average Bonchev–Trinajstić information content (AvgIpc) is 3.05. The third kappa shape index (κ3) is 6.35. The highest BCUT2D eigenvalue weighted by Gasteiger charge is 2.11. The van der Waals surface area contributed by atoms with Gasteiger partial charge in [0.15, 0.2) is 0 Å². The molecule has 42 heavy (non-hydrogen) atoms. The van der Waals surface area contributed by atoms with Gasteiger partial charge in [-0.15, -0.1) is 0 Å². The maximum atomic E-state index is 6.17. The summed E-state index contributed by atoms with van der Waals surface area (Å²) in [6.07, 6.45) is 5.82. The quantitative estimate of drug-likeness (QED) is 0.170. The monoisotopic (exact) mass is 544 g/mol. The van der Waals surface area contributed by atoms with Crippen LogP contribution in [0.15, 0.2) is 158 Å². The summed E-state index contributed by atoms with van der Waals surface area (Å²) in [5, 5.41) is 8.75. The SMILES string of the molecule is C=C(/C=C/c1ccccc1Oc1ccccc1)c1cccc(-c2cnnc(-c3ccccc3Oc3ccccc3)c2)c1. The molecular formula is C38H28N2O2. The van der Waals surface area contributed by atoms with Gasteiger partial charge in [-0.1, -0.05) is 104 Å². The Balaban J connectivity index is 1.23.